The topological polar surface area (TPSA) is 61.4 Å². The first-order valence-corrected chi connectivity index (χ1v) is 5.69. The molecule has 0 spiro atoms. The van der Waals surface area contributed by atoms with Gasteiger partial charge in [-0.2, -0.15) is 0 Å². The third-order valence-corrected chi connectivity index (χ3v) is 3.15. The number of carbonyl (C=O) groups is 1. The Bertz CT molecular complexity index is 225. The van der Waals surface area contributed by atoms with E-state index >= 15 is 0 Å². The molecule has 1 fully saturated rings. The van der Waals surface area contributed by atoms with Crippen LogP contribution in [0, 0.1) is 5.92 Å². The van der Waals surface area contributed by atoms with Gasteiger partial charge in [-0.05, 0) is 12.3 Å². The molecule has 1 aliphatic rings. The van der Waals surface area contributed by atoms with Crippen molar-refractivity contribution in [3.8, 4) is 0 Å². The maximum Gasteiger partial charge on any atom is 0.305 e. The zero-order chi connectivity index (χ0) is 11.5. The van der Waals surface area contributed by atoms with Gasteiger partial charge in [0.2, 0.25) is 0 Å². The Morgan fingerprint density at radius 3 is 2.40 bits per heavy atom. The van der Waals surface area contributed by atoms with Gasteiger partial charge in [0.05, 0.1) is 12.0 Å². The number of hydrogen-bond acceptors (Lipinski definition) is 3. The molecule has 1 rings (SSSR count). The number of carboxylic acids is 1. The van der Waals surface area contributed by atoms with Gasteiger partial charge in [-0.25, -0.2) is 0 Å². The van der Waals surface area contributed by atoms with Crippen LogP contribution in [0.4, 0.5) is 0 Å². The number of nitrogens with one attached hydrogen (secondary N) is 2. The summed E-state index contributed by atoms with van der Waals surface area (Å²) in [6.07, 6.45) is 1.25. The van der Waals surface area contributed by atoms with Crippen LogP contribution in [0.1, 0.15) is 33.6 Å². The second kappa shape index (κ2) is 4.94. The maximum atomic E-state index is 10.8. The van der Waals surface area contributed by atoms with Crippen LogP contribution in [0.3, 0.4) is 0 Å². The number of rotatable bonds is 6. The quantitative estimate of drug-likeness (QED) is 0.613. The molecule has 1 aliphatic heterocycles. The van der Waals surface area contributed by atoms with Gasteiger partial charge in [-0.15, -0.1) is 0 Å². The Hall–Kier alpha value is -0.610. The molecule has 0 aliphatic carbocycles. The molecular formula is C11H22N2O2. The van der Waals surface area contributed by atoms with E-state index in [1.54, 1.807) is 0 Å². The lowest BCUT2D eigenvalue weighted by Gasteiger charge is -2.45. The van der Waals surface area contributed by atoms with Crippen LogP contribution in [0.2, 0.25) is 0 Å². The summed E-state index contributed by atoms with van der Waals surface area (Å²) in [7, 11) is 0. The van der Waals surface area contributed by atoms with Gasteiger partial charge in [0.1, 0.15) is 0 Å². The minimum Gasteiger partial charge on any atom is -0.481 e. The molecule has 0 bridgehead atoms. The molecule has 1 saturated heterocycles. The van der Waals surface area contributed by atoms with Gasteiger partial charge in [0, 0.05) is 19.1 Å². The molecule has 88 valence electrons. The monoisotopic (exact) mass is 214 g/mol. The van der Waals surface area contributed by atoms with Crippen LogP contribution in [-0.4, -0.2) is 35.7 Å². The molecule has 0 amide bonds. The zero-order valence-corrected chi connectivity index (χ0v) is 9.84. The molecule has 0 saturated carbocycles. The Kier molecular flexibility index (Phi) is 4.11. The third-order valence-electron chi connectivity index (χ3n) is 3.15. The molecule has 1 atom stereocenters. The van der Waals surface area contributed by atoms with Gasteiger partial charge in [-0.1, -0.05) is 20.8 Å². The van der Waals surface area contributed by atoms with Crippen molar-refractivity contribution >= 4 is 5.97 Å². The lowest BCUT2D eigenvalue weighted by molar-refractivity contribution is -0.139. The van der Waals surface area contributed by atoms with E-state index in [9.17, 15) is 4.79 Å². The standard InChI is InChI=1S/C11H22N2O2/c1-4-9(8(2)3)13-11(5-10(14)15)6-12-7-11/h8-9,12-13H,4-7H2,1-3H3,(H,14,15). The average Bonchev–Trinajstić information content (AvgIpc) is 2.08. The van der Waals surface area contributed by atoms with E-state index in [1.807, 2.05) is 0 Å². The molecule has 4 heteroatoms. The van der Waals surface area contributed by atoms with Crippen molar-refractivity contribution in [2.24, 2.45) is 5.92 Å². The molecule has 0 aromatic heterocycles. The summed E-state index contributed by atoms with van der Waals surface area (Å²) in [6, 6.07) is 0.409. The van der Waals surface area contributed by atoms with E-state index in [2.05, 4.69) is 31.4 Å². The highest BCUT2D eigenvalue weighted by Crippen LogP contribution is 2.20. The minimum absolute atomic E-state index is 0.212. The maximum absolute atomic E-state index is 10.8. The summed E-state index contributed by atoms with van der Waals surface area (Å²) in [5, 5.41) is 15.5. The van der Waals surface area contributed by atoms with Gasteiger partial charge < -0.3 is 15.7 Å². The summed E-state index contributed by atoms with van der Waals surface area (Å²) in [5.41, 5.74) is -0.212. The molecule has 4 nitrogen and oxygen atoms in total. The van der Waals surface area contributed by atoms with Crippen LogP contribution in [-0.2, 0) is 4.79 Å². The molecule has 0 aromatic rings. The molecule has 1 heterocycles. The van der Waals surface area contributed by atoms with Gasteiger partial charge in [0.25, 0.3) is 0 Å². The number of hydrogen-bond donors (Lipinski definition) is 3. The largest absolute Gasteiger partial charge is 0.481 e. The van der Waals surface area contributed by atoms with E-state index in [-0.39, 0.29) is 12.0 Å². The van der Waals surface area contributed by atoms with E-state index in [4.69, 9.17) is 5.11 Å². The van der Waals surface area contributed by atoms with Crippen molar-refractivity contribution in [3.63, 3.8) is 0 Å². The molecule has 0 aromatic carbocycles. The number of carboxylic acid groups (broad SMARTS) is 1. The molecule has 15 heavy (non-hydrogen) atoms. The van der Waals surface area contributed by atoms with E-state index in [0.717, 1.165) is 19.5 Å². The number of aliphatic carboxylic acids is 1. The van der Waals surface area contributed by atoms with Crippen molar-refractivity contribution in [1.82, 2.24) is 10.6 Å². The molecular weight excluding hydrogens is 192 g/mol. The van der Waals surface area contributed by atoms with Crippen LogP contribution in [0.25, 0.3) is 0 Å². The van der Waals surface area contributed by atoms with Gasteiger partial charge in [0.15, 0.2) is 0 Å². The highest BCUT2D eigenvalue weighted by molar-refractivity contribution is 5.68. The van der Waals surface area contributed by atoms with Crippen LogP contribution < -0.4 is 10.6 Å². The fourth-order valence-electron chi connectivity index (χ4n) is 2.13. The summed E-state index contributed by atoms with van der Waals surface area (Å²) < 4.78 is 0. The average molecular weight is 214 g/mol. The van der Waals surface area contributed by atoms with Crippen LogP contribution in [0.15, 0.2) is 0 Å². The van der Waals surface area contributed by atoms with Gasteiger partial charge >= 0.3 is 5.97 Å². The third kappa shape index (κ3) is 3.18. The van der Waals surface area contributed by atoms with Crippen molar-refractivity contribution in [1.29, 1.82) is 0 Å². The zero-order valence-electron chi connectivity index (χ0n) is 9.84. The minimum atomic E-state index is -0.720. The van der Waals surface area contributed by atoms with Crippen molar-refractivity contribution in [2.75, 3.05) is 13.1 Å². The van der Waals surface area contributed by atoms with Gasteiger partial charge in [-0.3, -0.25) is 4.79 Å². The highest BCUT2D eigenvalue weighted by Gasteiger charge is 2.40. The Labute approximate surface area is 91.4 Å². The predicted molar refractivity (Wildman–Crippen MR) is 59.9 cm³/mol. The Morgan fingerprint density at radius 1 is 1.53 bits per heavy atom. The second-order valence-corrected chi connectivity index (χ2v) is 4.86. The lowest BCUT2D eigenvalue weighted by atomic mass is 9.85. The summed E-state index contributed by atoms with van der Waals surface area (Å²) >= 11 is 0. The van der Waals surface area contributed by atoms with E-state index in [0.29, 0.717) is 12.0 Å². The summed E-state index contributed by atoms with van der Waals surface area (Å²) in [4.78, 5) is 10.8. The van der Waals surface area contributed by atoms with Crippen molar-refractivity contribution in [3.05, 3.63) is 0 Å². The SMILES string of the molecule is CCC(NC1(CC(=O)O)CNC1)C(C)C. The fraction of sp³-hybridized carbons (Fsp3) is 0.909. The first-order valence-electron chi connectivity index (χ1n) is 5.69. The molecule has 0 radical (unpaired) electrons. The first-order chi connectivity index (χ1) is 6.99. The Balaban J connectivity index is 2.55. The first kappa shape index (κ1) is 12.5. The highest BCUT2D eigenvalue weighted by atomic mass is 16.4. The normalized spacial score (nSPS) is 21.1. The molecule has 1 unspecified atom stereocenters. The fourth-order valence-corrected chi connectivity index (χ4v) is 2.13. The molecule has 3 N–H and O–H groups in total. The summed E-state index contributed by atoms with van der Waals surface area (Å²) in [5.74, 6) is -0.177. The van der Waals surface area contributed by atoms with E-state index in [1.165, 1.54) is 0 Å². The lowest BCUT2D eigenvalue weighted by Crippen LogP contribution is -2.70. The van der Waals surface area contributed by atoms with Crippen LogP contribution >= 0.6 is 0 Å². The van der Waals surface area contributed by atoms with Crippen LogP contribution in [0.5, 0.6) is 0 Å². The van der Waals surface area contributed by atoms with Crippen molar-refractivity contribution in [2.45, 2.75) is 45.2 Å². The Morgan fingerprint density at radius 2 is 2.13 bits per heavy atom. The van der Waals surface area contributed by atoms with Crippen molar-refractivity contribution < 1.29 is 9.90 Å². The smallest absolute Gasteiger partial charge is 0.305 e. The van der Waals surface area contributed by atoms with E-state index < -0.39 is 5.97 Å². The second-order valence-electron chi connectivity index (χ2n) is 4.86. The summed E-state index contributed by atoms with van der Waals surface area (Å²) in [6.45, 7) is 8.01. The predicted octanol–water partition coefficient (Wildman–Crippen LogP) is 0.827.